The van der Waals surface area contributed by atoms with Gasteiger partial charge in [0.2, 0.25) is 5.91 Å². The van der Waals surface area contributed by atoms with Crippen molar-refractivity contribution in [1.82, 2.24) is 4.98 Å². The molecule has 1 N–H and O–H groups in total. The van der Waals surface area contributed by atoms with E-state index in [4.69, 9.17) is 5.11 Å². The first-order valence-electron chi connectivity index (χ1n) is 8.85. The number of ether oxygens (including phenoxy) is 1. The molecule has 0 spiro atoms. The summed E-state index contributed by atoms with van der Waals surface area (Å²) in [5.41, 5.74) is 0.404. The smallest absolute Gasteiger partial charge is 0.481 e. The van der Waals surface area contributed by atoms with Gasteiger partial charge in [-0.25, -0.2) is 13.8 Å². The second-order valence-electron chi connectivity index (χ2n) is 6.62. The molecular weight excluding hydrogens is 479 g/mol. The normalized spacial score (nSPS) is 16.3. The van der Waals surface area contributed by atoms with Crippen molar-refractivity contribution in [3.63, 3.8) is 0 Å². The molecule has 6 nitrogen and oxygen atoms in total. The lowest BCUT2D eigenvalue weighted by molar-refractivity contribution is -0.274. The third kappa shape index (κ3) is 4.48. The highest BCUT2D eigenvalue weighted by atomic mass is 32.2. The maximum absolute atomic E-state index is 14.0. The summed E-state index contributed by atoms with van der Waals surface area (Å²) in [6.45, 7) is -0.206. The van der Waals surface area contributed by atoms with E-state index in [-0.39, 0.29) is 32.4 Å². The van der Waals surface area contributed by atoms with Crippen molar-refractivity contribution in [3.8, 4) is 5.75 Å². The second-order valence-corrected chi connectivity index (χ2v) is 8.95. The number of hydrogen-bond donors (Lipinski definition) is 1. The van der Waals surface area contributed by atoms with Crippen LogP contribution in [0.15, 0.2) is 35.2 Å². The Kier molecular flexibility index (Phi) is 5.71. The minimum Gasteiger partial charge on any atom is -0.481 e. The van der Waals surface area contributed by atoms with Gasteiger partial charge in [-0.1, -0.05) is 0 Å². The quantitative estimate of drug-likeness (QED) is 0.510. The van der Waals surface area contributed by atoms with Crippen molar-refractivity contribution < 1.29 is 41.4 Å². The molecule has 0 saturated carbocycles. The number of anilines is 1. The number of aromatic nitrogens is 1. The number of amides is 1. The third-order valence-electron chi connectivity index (χ3n) is 4.41. The number of rotatable bonds is 5. The van der Waals surface area contributed by atoms with Gasteiger partial charge in [-0.3, -0.25) is 9.59 Å². The number of carbonyl (C=O) groups excluding carboxylic acids is 1. The van der Waals surface area contributed by atoms with Gasteiger partial charge in [0.1, 0.15) is 10.8 Å². The van der Waals surface area contributed by atoms with Crippen molar-refractivity contribution in [2.24, 2.45) is 0 Å². The van der Waals surface area contributed by atoms with E-state index in [9.17, 15) is 31.5 Å². The van der Waals surface area contributed by atoms with E-state index in [0.717, 1.165) is 41.3 Å². The molecule has 0 aliphatic carbocycles. The number of halogens is 5. The molecule has 1 aromatic heterocycles. The van der Waals surface area contributed by atoms with Crippen LogP contribution in [0.4, 0.5) is 27.6 Å². The Bertz CT molecular complexity index is 1230. The van der Waals surface area contributed by atoms with Gasteiger partial charge in [-0.15, -0.1) is 36.3 Å². The van der Waals surface area contributed by atoms with Gasteiger partial charge in [0.15, 0.2) is 11.6 Å². The molecule has 1 atom stereocenters. The predicted molar refractivity (Wildman–Crippen MR) is 106 cm³/mol. The van der Waals surface area contributed by atoms with Crippen LogP contribution in [0.3, 0.4) is 0 Å². The van der Waals surface area contributed by atoms with Crippen LogP contribution in [-0.4, -0.2) is 33.6 Å². The number of fused-ring (bicyclic) bond motifs is 2. The van der Waals surface area contributed by atoms with Crippen LogP contribution in [0.2, 0.25) is 0 Å². The molecule has 0 fully saturated rings. The Morgan fingerprint density at radius 1 is 1.22 bits per heavy atom. The molecule has 0 bridgehead atoms. The number of alkyl halides is 3. The fourth-order valence-electron chi connectivity index (χ4n) is 3.14. The molecule has 1 unspecified atom stereocenters. The summed E-state index contributed by atoms with van der Waals surface area (Å²) >= 11 is 1.63. The van der Waals surface area contributed by atoms with Crippen molar-refractivity contribution in [2.75, 3.05) is 4.90 Å². The first-order chi connectivity index (χ1) is 15.0. The summed E-state index contributed by atoms with van der Waals surface area (Å²) in [5.74, 6) is -4.52. The molecule has 1 amide bonds. The zero-order chi connectivity index (χ0) is 23.2. The Labute approximate surface area is 184 Å². The van der Waals surface area contributed by atoms with Gasteiger partial charge in [0, 0.05) is 4.90 Å². The molecule has 0 radical (unpaired) electrons. The monoisotopic (exact) mass is 490 g/mol. The molecular formula is C19H11F5N2O4S2. The van der Waals surface area contributed by atoms with Crippen LogP contribution in [0.1, 0.15) is 11.4 Å². The Morgan fingerprint density at radius 2 is 1.97 bits per heavy atom. The summed E-state index contributed by atoms with van der Waals surface area (Å²) in [4.78, 5) is 29.7. The second kappa shape index (κ2) is 8.20. The molecule has 2 aromatic carbocycles. The fourth-order valence-corrected chi connectivity index (χ4v) is 5.36. The summed E-state index contributed by atoms with van der Waals surface area (Å²) in [7, 11) is 0. The minimum atomic E-state index is -4.93. The molecule has 168 valence electrons. The van der Waals surface area contributed by atoms with Crippen LogP contribution >= 0.6 is 23.1 Å². The van der Waals surface area contributed by atoms with E-state index in [1.165, 1.54) is 17.0 Å². The largest absolute Gasteiger partial charge is 0.573 e. The van der Waals surface area contributed by atoms with Crippen LogP contribution in [0, 0.1) is 11.6 Å². The number of nitrogens with zero attached hydrogens (tertiary/aromatic N) is 2. The number of thioether (sulfide) groups is 1. The SMILES string of the molecule is O=C(O)CC1Sc2cc(OC(F)(F)F)ccc2N(Cc2nc3ccc(F)c(F)c3s2)C1=O. The molecule has 3 aromatic rings. The van der Waals surface area contributed by atoms with E-state index in [1.807, 2.05) is 0 Å². The summed E-state index contributed by atoms with van der Waals surface area (Å²) in [5, 5.41) is 8.25. The van der Waals surface area contributed by atoms with Gasteiger partial charge in [0.25, 0.3) is 0 Å². The number of carbonyl (C=O) groups is 2. The van der Waals surface area contributed by atoms with Crippen molar-refractivity contribution in [3.05, 3.63) is 47.0 Å². The lowest BCUT2D eigenvalue weighted by Crippen LogP contribution is -2.41. The molecule has 13 heteroatoms. The molecule has 2 heterocycles. The Morgan fingerprint density at radius 3 is 2.66 bits per heavy atom. The van der Waals surface area contributed by atoms with Crippen LogP contribution in [-0.2, 0) is 16.1 Å². The van der Waals surface area contributed by atoms with E-state index < -0.39 is 47.3 Å². The van der Waals surface area contributed by atoms with Gasteiger partial charge in [-0.2, -0.15) is 0 Å². The lowest BCUT2D eigenvalue weighted by atomic mass is 10.2. The average Bonchev–Trinajstić information content (AvgIpc) is 3.10. The number of thiazole rings is 1. The van der Waals surface area contributed by atoms with Crippen LogP contribution in [0.25, 0.3) is 10.2 Å². The van der Waals surface area contributed by atoms with Gasteiger partial charge in [-0.05, 0) is 30.3 Å². The molecule has 1 aliphatic rings. The van der Waals surface area contributed by atoms with E-state index >= 15 is 0 Å². The number of benzene rings is 2. The maximum Gasteiger partial charge on any atom is 0.573 e. The van der Waals surface area contributed by atoms with E-state index in [2.05, 4.69) is 9.72 Å². The highest BCUT2D eigenvalue weighted by Crippen LogP contribution is 2.44. The first kappa shape index (κ1) is 22.3. The Hall–Kier alpha value is -2.93. The lowest BCUT2D eigenvalue weighted by Gasteiger charge is -2.33. The average molecular weight is 490 g/mol. The standard InChI is InChI=1S/C19H11F5N2O4S2/c20-9-2-3-10-17(16(9)21)32-14(25-10)7-26-11-4-1-8(30-19(22,23)24)5-12(11)31-13(18(26)29)6-15(27)28/h1-5,13H,6-7H2,(H,27,28). The van der Waals surface area contributed by atoms with Crippen LogP contribution in [0.5, 0.6) is 5.75 Å². The molecule has 0 saturated heterocycles. The predicted octanol–water partition coefficient (Wildman–Crippen LogP) is 4.96. The molecule has 32 heavy (non-hydrogen) atoms. The van der Waals surface area contributed by atoms with Crippen molar-refractivity contribution in [1.29, 1.82) is 0 Å². The Balaban J connectivity index is 1.72. The third-order valence-corrected chi connectivity index (χ3v) is 6.70. The number of aliphatic carboxylic acids is 1. The fraction of sp³-hybridized carbons (Fsp3) is 0.211. The molecule has 4 rings (SSSR count). The number of carboxylic acid groups (broad SMARTS) is 1. The van der Waals surface area contributed by atoms with Gasteiger partial charge >= 0.3 is 12.3 Å². The topological polar surface area (TPSA) is 79.7 Å². The summed E-state index contributed by atoms with van der Waals surface area (Å²) in [6.07, 6.45) is -5.49. The van der Waals surface area contributed by atoms with Crippen molar-refractivity contribution in [2.45, 2.75) is 29.5 Å². The highest BCUT2D eigenvalue weighted by molar-refractivity contribution is 8.01. The van der Waals surface area contributed by atoms with E-state index in [1.54, 1.807) is 0 Å². The highest BCUT2D eigenvalue weighted by Gasteiger charge is 2.37. The minimum absolute atomic E-state index is 0.0462. The number of carboxylic acids is 1. The maximum atomic E-state index is 14.0. The van der Waals surface area contributed by atoms with Gasteiger partial charge < -0.3 is 14.7 Å². The van der Waals surface area contributed by atoms with Gasteiger partial charge in [0.05, 0.1) is 34.1 Å². The first-order valence-corrected chi connectivity index (χ1v) is 10.5. The van der Waals surface area contributed by atoms with Crippen LogP contribution < -0.4 is 9.64 Å². The summed E-state index contributed by atoms with van der Waals surface area (Å²) < 4.78 is 69.1. The number of hydrogen-bond acceptors (Lipinski definition) is 6. The zero-order valence-electron chi connectivity index (χ0n) is 15.7. The molecule has 1 aliphatic heterocycles. The van der Waals surface area contributed by atoms with E-state index in [0.29, 0.717) is 0 Å². The summed E-state index contributed by atoms with van der Waals surface area (Å²) in [6, 6.07) is 5.53. The zero-order valence-corrected chi connectivity index (χ0v) is 17.3. The van der Waals surface area contributed by atoms with Crippen molar-refractivity contribution >= 4 is 50.9 Å².